The molecule has 0 spiro atoms. The zero-order valence-corrected chi connectivity index (χ0v) is 16.0. The highest BCUT2D eigenvalue weighted by Gasteiger charge is 2.17. The van der Waals surface area contributed by atoms with Crippen LogP contribution in [0.2, 0.25) is 0 Å². The van der Waals surface area contributed by atoms with Crippen molar-refractivity contribution in [3.05, 3.63) is 82.4 Å². The fourth-order valence-corrected chi connectivity index (χ4v) is 2.72. The summed E-state index contributed by atoms with van der Waals surface area (Å²) in [6, 6.07) is 19.7. The minimum Gasteiger partial charge on any atom is -0.496 e. The number of rotatable bonds is 7. The van der Waals surface area contributed by atoms with Gasteiger partial charge in [-0.05, 0) is 42.3 Å². The molecule has 3 aromatic rings. The van der Waals surface area contributed by atoms with E-state index in [9.17, 15) is 14.9 Å². The van der Waals surface area contributed by atoms with Crippen LogP contribution < -0.4 is 14.8 Å². The van der Waals surface area contributed by atoms with Gasteiger partial charge in [0.1, 0.15) is 17.2 Å². The normalized spacial score (nSPS) is 10.3. The van der Waals surface area contributed by atoms with Crippen LogP contribution in [0.5, 0.6) is 11.5 Å². The van der Waals surface area contributed by atoms with Gasteiger partial charge >= 0.3 is 0 Å². The number of benzene rings is 3. The maximum Gasteiger partial charge on any atom is 0.296 e. The van der Waals surface area contributed by atoms with Gasteiger partial charge in [0, 0.05) is 0 Å². The Labute approximate surface area is 168 Å². The summed E-state index contributed by atoms with van der Waals surface area (Å²) in [5, 5.41) is 13.7. The number of nitrogens with one attached hydrogen (secondary N) is 1. The molecule has 0 aliphatic heterocycles. The second-order valence-electron chi connectivity index (χ2n) is 6.37. The Morgan fingerprint density at radius 3 is 2.14 bits per heavy atom. The molecule has 0 aliphatic rings. The Morgan fingerprint density at radius 2 is 1.55 bits per heavy atom. The summed E-state index contributed by atoms with van der Waals surface area (Å²) in [5.74, 6) is 0.362. The molecule has 0 unspecified atom stereocenters. The standard InChI is InChI=1S/C22H20N2O5/c1-15-3-5-16(6-4-15)17-7-9-18(10-8-17)29-14-22(25)23-20-12-11-19(28-2)13-21(20)24(26)27/h3-13H,14H2,1-2H3,(H,23,25). The van der Waals surface area contributed by atoms with Crippen molar-refractivity contribution in [1.29, 1.82) is 0 Å². The number of amides is 1. The van der Waals surface area contributed by atoms with Crippen LogP contribution in [-0.4, -0.2) is 24.5 Å². The summed E-state index contributed by atoms with van der Waals surface area (Å²) < 4.78 is 10.5. The first-order valence-corrected chi connectivity index (χ1v) is 8.88. The predicted octanol–water partition coefficient (Wildman–Crippen LogP) is 4.60. The molecule has 0 heterocycles. The number of carbonyl (C=O) groups is 1. The van der Waals surface area contributed by atoms with Gasteiger partial charge < -0.3 is 14.8 Å². The van der Waals surface area contributed by atoms with Gasteiger partial charge in [0.15, 0.2) is 6.61 Å². The van der Waals surface area contributed by atoms with E-state index in [1.807, 2.05) is 43.3 Å². The van der Waals surface area contributed by atoms with Crippen LogP contribution in [0, 0.1) is 17.0 Å². The van der Waals surface area contributed by atoms with Crippen molar-refractivity contribution in [3.8, 4) is 22.6 Å². The van der Waals surface area contributed by atoms with E-state index in [1.165, 1.54) is 30.9 Å². The minimum atomic E-state index is -0.581. The molecule has 3 rings (SSSR count). The van der Waals surface area contributed by atoms with E-state index in [0.29, 0.717) is 11.5 Å². The smallest absolute Gasteiger partial charge is 0.296 e. The molecule has 29 heavy (non-hydrogen) atoms. The molecular formula is C22H20N2O5. The quantitative estimate of drug-likeness (QED) is 0.469. The Morgan fingerprint density at radius 1 is 0.966 bits per heavy atom. The van der Waals surface area contributed by atoms with Crippen molar-refractivity contribution in [2.24, 2.45) is 0 Å². The average Bonchev–Trinajstić information content (AvgIpc) is 2.73. The predicted molar refractivity (Wildman–Crippen MR) is 110 cm³/mol. The number of aryl methyl sites for hydroxylation is 1. The first-order chi connectivity index (χ1) is 14.0. The van der Waals surface area contributed by atoms with Gasteiger partial charge in [-0.3, -0.25) is 14.9 Å². The van der Waals surface area contributed by atoms with Gasteiger partial charge in [-0.15, -0.1) is 0 Å². The Kier molecular flexibility index (Phi) is 6.09. The van der Waals surface area contributed by atoms with Crippen molar-refractivity contribution in [3.63, 3.8) is 0 Å². The lowest BCUT2D eigenvalue weighted by Gasteiger charge is -2.09. The summed E-state index contributed by atoms with van der Waals surface area (Å²) in [7, 11) is 1.41. The van der Waals surface area contributed by atoms with Gasteiger partial charge in [-0.25, -0.2) is 0 Å². The number of anilines is 1. The number of carbonyl (C=O) groups excluding carboxylic acids is 1. The number of methoxy groups -OCH3 is 1. The van der Waals surface area contributed by atoms with E-state index in [2.05, 4.69) is 5.32 Å². The summed E-state index contributed by atoms with van der Waals surface area (Å²) in [6.07, 6.45) is 0. The van der Waals surface area contributed by atoms with Gasteiger partial charge in [0.2, 0.25) is 0 Å². The van der Waals surface area contributed by atoms with Gasteiger partial charge in [-0.2, -0.15) is 0 Å². The summed E-state index contributed by atoms with van der Waals surface area (Å²) in [5.41, 5.74) is 3.15. The largest absolute Gasteiger partial charge is 0.496 e. The molecule has 0 aliphatic carbocycles. The lowest BCUT2D eigenvalue weighted by molar-refractivity contribution is -0.384. The van der Waals surface area contributed by atoms with Crippen molar-refractivity contribution in [2.75, 3.05) is 19.0 Å². The van der Waals surface area contributed by atoms with Gasteiger partial charge in [0.05, 0.1) is 18.1 Å². The first-order valence-electron chi connectivity index (χ1n) is 8.88. The second-order valence-corrected chi connectivity index (χ2v) is 6.37. The van der Waals surface area contributed by atoms with Gasteiger partial charge in [-0.1, -0.05) is 42.0 Å². The summed E-state index contributed by atoms with van der Waals surface area (Å²) in [6.45, 7) is 1.76. The highest BCUT2D eigenvalue weighted by atomic mass is 16.6. The molecule has 3 aromatic carbocycles. The monoisotopic (exact) mass is 392 g/mol. The van der Waals surface area contributed by atoms with Crippen molar-refractivity contribution in [1.82, 2.24) is 0 Å². The van der Waals surface area contributed by atoms with Crippen LogP contribution in [0.1, 0.15) is 5.56 Å². The van der Waals surface area contributed by atoms with Crippen LogP contribution in [0.3, 0.4) is 0 Å². The third-order valence-corrected chi connectivity index (χ3v) is 4.28. The first kappa shape index (κ1) is 19.9. The zero-order chi connectivity index (χ0) is 20.8. The molecule has 0 saturated heterocycles. The number of ether oxygens (including phenoxy) is 2. The van der Waals surface area contributed by atoms with E-state index in [-0.39, 0.29) is 18.0 Å². The molecule has 0 radical (unpaired) electrons. The Balaban J connectivity index is 1.61. The Hall–Kier alpha value is -3.87. The van der Waals surface area contributed by atoms with E-state index >= 15 is 0 Å². The van der Waals surface area contributed by atoms with Crippen molar-refractivity contribution < 1.29 is 19.2 Å². The van der Waals surface area contributed by atoms with Crippen LogP contribution in [0.15, 0.2) is 66.7 Å². The molecule has 1 N–H and O–H groups in total. The lowest BCUT2D eigenvalue weighted by Crippen LogP contribution is -2.20. The lowest BCUT2D eigenvalue weighted by atomic mass is 10.0. The molecular weight excluding hydrogens is 372 g/mol. The maximum absolute atomic E-state index is 12.1. The minimum absolute atomic E-state index is 0.0825. The SMILES string of the molecule is COc1ccc(NC(=O)COc2ccc(-c3ccc(C)cc3)cc2)c([N+](=O)[O-])c1. The Bertz CT molecular complexity index is 1010. The molecule has 0 aromatic heterocycles. The molecule has 1 amide bonds. The topological polar surface area (TPSA) is 90.7 Å². The molecule has 7 heteroatoms. The summed E-state index contributed by atoms with van der Waals surface area (Å²) in [4.78, 5) is 22.8. The van der Waals surface area contributed by atoms with E-state index in [4.69, 9.17) is 9.47 Å². The number of nitro benzene ring substituents is 1. The third kappa shape index (κ3) is 5.10. The highest BCUT2D eigenvalue weighted by molar-refractivity contribution is 5.94. The van der Waals surface area contributed by atoms with E-state index in [0.717, 1.165) is 11.1 Å². The molecule has 148 valence electrons. The highest BCUT2D eigenvalue weighted by Crippen LogP contribution is 2.29. The second kappa shape index (κ2) is 8.88. The third-order valence-electron chi connectivity index (χ3n) is 4.28. The van der Waals surface area contributed by atoms with Crippen molar-refractivity contribution in [2.45, 2.75) is 6.92 Å². The number of nitrogens with zero attached hydrogens (tertiary/aromatic N) is 1. The average molecular weight is 392 g/mol. The zero-order valence-electron chi connectivity index (χ0n) is 16.0. The van der Waals surface area contributed by atoms with Crippen LogP contribution in [-0.2, 0) is 4.79 Å². The maximum atomic E-state index is 12.1. The number of hydrogen-bond donors (Lipinski definition) is 1. The van der Waals surface area contributed by atoms with Crippen LogP contribution in [0.25, 0.3) is 11.1 Å². The fraction of sp³-hybridized carbons (Fsp3) is 0.136. The number of nitro groups is 1. The van der Waals surface area contributed by atoms with E-state index in [1.54, 1.807) is 12.1 Å². The fourth-order valence-electron chi connectivity index (χ4n) is 2.72. The van der Waals surface area contributed by atoms with Crippen LogP contribution >= 0.6 is 0 Å². The van der Waals surface area contributed by atoms with Crippen molar-refractivity contribution >= 4 is 17.3 Å². The molecule has 7 nitrogen and oxygen atoms in total. The number of hydrogen-bond acceptors (Lipinski definition) is 5. The molecule has 0 fully saturated rings. The van der Waals surface area contributed by atoms with Crippen LogP contribution in [0.4, 0.5) is 11.4 Å². The molecule has 0 bridgehead atoms. The van der Waals surface area contributed by atoms with E-state index < -0.39 is 10.8 Å². The molecule has 0 atom stereocenters. The molecule has 0 saturated carbocycles. The van der Waals surface area contributed by atoms with Gasteiger partial charge in [0.25, 0.3) is 11.6 Å². The summed E-state index contributed by atoms with van der Waals surface area (Å²) >= 11 is 0.